The van der Waals surface area contributed by atoms with Crippen molar-refractivity contribution in [1.82, 2.24) is 25.0 Å². The summed E-state index contributed by atoms with van der Waals surface area (Å²) in [6.45, 7) is 4.59. The van der Waals surface area contributed by atoms with E-state index in [1.807, 2.05) is 36.5 Å². The van der Waals surface area contributed by atoms with Crippen molar-refractivity contribution in [2.24, 2.45) is 5.92 Å². The number of nitrogens with one attached hydrogen (secondary N) is 1. The number of benzene rings is 1. The maximum atomic E-state index is 12.9. The van der Waals surface area contributed by atoms with Gasteiger partial charge >= 0.3 is 0 Å². The summed E-state index contributed by atoms with van der Waals surface area (Å²) in [7, 11) is 2.19. The highest BCUT2D eigenvalue weighted by molar-refractivity contribution is 5.95. The van der Waals surface area contributed by atoms with Gasteiger partial charge in [0.05, 0.1) is 5.69 Å². The largest absolute Gasteiger partial charge is 0.310 e. The van der Waals surface area contributed by atoms with Crippen LogP contribution >= 0.6 is 0 Å². The molecule has 166 valence electrons. The molecule has 1 saturated heterocycles. The predicted octanol–water partition coefficient (Wildman–Crippen LogP) is 3.44. The summed E-state index contributed by atoms with van der Waals surface area (Å²) in [6, 6.07) is 12.5. The van der Waals surface area contributed by atoms with Crippen molar-refractivity contribution in [2.45, 2.75) is 31.7 Å². The molecular formula is C25H30N6O. The van der Waals surface area contributed by atoms with Crippen molar-refractivity contribution in [1.29, 1.82) is 0 Å². The SMILES string of the molecule is CN1CCN(C2CCC(C(=O)Nc3cc4cc(-c5cccnn5)ccc4cn3)CC2)CC1. The molecule has 7 nitrogen and oxygen atoms in total. The van der Waals surface area contributed by atoms with Crippen molar-refractivity contribution in [3.05, 3.63) is 48.8 Å². The topological polar surface area (TPSA) is 74.2 Å². The Morgan fingerprint density at radius 2 is 1.81 bits per heavy atom. The number of amides is 1. The molecule has 1 aliphatic carbocycles. The first-order valence-electron chi connectivity index (χ1n) is 11.6. The number of hydrogen-bond acceptors (Lipinski definition) is 6. The monoisotopic (exact) mass is 430 g/mol. The number of rotatable bonds is 4. The van der Waals surface area contributed by atoms with Gasteiger partial charge in [0.25, 0.3) is 0 Å². The van der Waals surface area contributed by atoms with E-state index in [0.717, 1.165) is 73.9 Å². The molecule has 32 heavy (non-hydrogen) atoms. The Morgan fingerprint density at radius 1 is 1.00 bits per heavy atom. The smallest absolute Gasteiger partial charge is 0.228 e. The summed E-state index contributed by atoms with van der Waals surface area (Å²) in [5.41, 5.74) is 1.82. The molecule has 0 spiro atoms. The molecule has 0 bridgehead atoms. The Hall–Kier alpha value is -2.90. The minimum atomic E-state index is 0.0714. The number of anilines is 1. The van der Waals surface area contributed by atoms with Crippen molar-refractivity contribution < 1.29 is 4.79 Å². The number of aromatic nitrogens is 3. The minimum Gasteiger partial charge on any atom is -0.310 e. The number of hydrogen-bond donors (Lipinski definition) is 1. The number of likely N-dealkylation sites (N-methyl/N-ethyl adjacent to an activating group) is 1. The van der Waals surface area contributed by atoms with Crippen molar-refractivity contribution in [2.75, 3.05) is 38.5 Å². The number of carbonyl (C=O) groups excluding carboxylic acids is 1. The molecule has 1 amide bonds. The zero-order valence-electron chi connectivity index (χ0n) is 18.6. The van der Waals surface area contributed by atoms with E-state index in [1.54, 1.807) is 6.20 Å². The first-order chi connectivity index (χ1) is 15.7. The molecule has 1 aliphatic heterocycles. The Balaban J connectivity index is 1.22. The fraction of sp³-hybridized carbons (Fsp3) is 0.440. The summed E-state index contributed by atoms with van der Waals surface area (Å²) in [4.78, 5) is 22.4. The van der Waals surface area contributed by atoms with E-state index in [-0.39, 0.29) is 11.8 Å². The first-order valence-corrected chi connectivity index (χ1v) is 11.6. The molecule has 7 heteroatoms. The van der Waals surface area contributed by atoms with Crippen LogP contribution in [0.25, 0.3) is 22.0 Å². The third-order valence-corrected chi connectivity index (χ3v) is 6.96. The number of nitrogens with zero attached hydrogens (tertiary/aromatic N) is 5. The maximum absolute atomic E-state index is 12.9. The van der Waals surface area contributed by atoms with E-state index < -0.39 is 0 Å². The second-order valence-corrected chi connectivity index (χ2v) is 9.07. The van der Waals surface area contributed by atoms with Gasteiger partial charge in [-0.15, -0.1) is 0 Å². The zero-order valence-corrected chi connectivity index (χ0v) is 18.6. The van der Waals surface area contributed by atoms with E-state index in [2.05, 4.69) is 43.4 Å². The van der Waals surface area contributed by atoms with Crippen LogP contribution in [0, 0.1) is 5.92 Å². The molecule has 2 aliphatic rings. The van der Waals surface area contributed by atoms with Gasteiger partial charge in [-0.2, -0.15) is 10.2 Å². The first kappa shape index (κ1) is 21.0. The van der Waals surface area contributed by atoms with Gasteiger partial charge in [0.2, 0.25) is 5.91 Å². The summed E-state index contributed by atoms with van der Waals surface area (Å²) in [5, 5.41) is 13.3. The number of carbonyl (C=O) groups is 1. The van der Waals surface area contributed by atoms with E-state index in [4.69, 9.17) is 0 Å². The average Bonchev–Trinajstić information content (AvgIpc) is 2.85. The van der Waals surface area contributed by atoms with Crippen molar-refractivity contribution in [3.63, 3.8) is 0 Å². The summed E-state index contributed by atoms with van der Waals surface area (Å²) < 4.78 is 0. The van der Waals surface area contributed by atoms with Crippen molar-refractivity contribution in [3.8, 4) is 11.3 Å². The highest BCUT2D eigenvalue weighted by Gasteiger charge is 2.30. The Bertz CT molecular complexity index is 1070. The number of fused-ring (bicyclic) bond motifs is 1. The fourth-order valence-electron chi connectivity index (χ4n) is 4.94. The zero-order chi connectivity index (χ0) is 21.9. The Morgan fingerprint density at radius 3 is 2.56 bits per heavy atom. The quantitative estimate of drug-likeness (QED) is 0.684. The maximum Gasteiger partial charge on any atom is 0.228 e. The van der Waals surface area contributed by atoms with Crippen LogP contribution in [0.2, 0.25) is 0 Å². The molecule has 1 saturated carbocycles. The second kappa shape index (κ2) is 9.30. The highest BCUT2D eigenvalue weighted by atomic mass is 16.1. The summed E-state index contributed by atoms with van der Waals surface area (Å²) in [5.74, 6) is 0.779. The molecule has 3 aromatic rings. The number of piperazine rings is 1. The lowest BCUT2D eigenvalue weighted by atomic mass is 9.84. The van der Waals surface area contributed by atoms with E-state index in [1.165, 1.54) is 0 Å². The van der Waals surface area contributed by atoms with Gasteiger partial charge in [-0.05, 0) is 62.4 Å². The van der Waals surface area contributed by atoms with Crippen LogP contribution in [-0.2, 0) is 4.79 Å². The van der Waals surface area contributed by atoms with Crippen LogP contribution in [0.15, 0.2) is 48.8 Å². The predicted molar refractivity (Wildman–Crippen MR) is 126 cm³/mol. The van der Waals surface area contributed by atoms with Crippen LogP contribution in [0.3, 0.4) is 0 Å². The van der Waals surface area contributed by atoms with Gasteiger partial charge < -0.3 is 10.2 Å². The van der Waals surface area contributed by atoms with E-state index in [0.29, 0.717) is 11.9 Å². The van der Waals surface area contributed by atoms with E-state index >= 15 is 0 Å². The van der Waals surface area contributed by atoms with Gasteiger partial charge in [0.15, 0.2) is 0 Å². The molecule has 0 radical (unpaired) electrons. The molecule has 2 aromatic heterocycles. The van der Waals surface area contributed by atoms with Gasteiger partial charge in [0, 0.05) is 61.5 Å². The third-order valence-electron chi connectivity index (χ3n) is 6.96. The molecule has 5 rings (SSSR count). The summed E-state index contributed by atoms with van der Waals surface area (Å²) in [6.07, 6.45) is 7.60. The van der Waals surface area contributed by atoms with Gasteiger partial charge in [-0.1, -0.05) is 12.1 Å². The number of pyridine rings is 1. The van der Waals surface area contributed by atoms with Gasteiger partial charge in [-0.3, -0.25) is 9.69 Å². The van der Waals surface area contributed by atoms with Crippen LogP contribution in [0.1, 0.15) is 25.7 Å². The molecule has 3 heterocycles. The highest BCUT2D eigenvalue weighted by Crippen LogP contribution is 2.30. The molecule has 1 N–H and O–H groups in total. The lowest BCUT2D eigenvalue weighted by molar-refractivity contribution is -0.121. The molecule has 1 aromatic carbocycles. The lowest BCUT2D eigenvalue weighted by Crippen LogP contribution is -2.50. The van der Waals surface area contributed by atoms with Gasteiger partial charge in [0.1, 0.15) is 5.82 Å². The van der Waals surface area contributed by atoms with E-state index in [9.17, 15) is 4.79 Å². The van der Waals surface area contributed by atoms with Crippen molar-refractivity contribution >= 4 is 22.5 Å². The minimum absolute atomic E-state index is 0.0714. The Labute approximate surface area is 188 Å². The second-order valence-electron chi connectivity index (χ2n) is 9.07. The van der Waals surface area contributed by atoms with Crippen LogP contribution < -0.4 is 5.32 Å². The Kier molecular flexibility index (Phi) is 6.10. The van der Waals surface area contributed by atoms with Crippen LogP contribution in [-0.4, -0.2) is 70.2 Å². The third kappa shape index (κ3) is 4.64. The normalized spacial score (nSPS) is 22.7. The van der Waals surface area contributed by atoms with Crippen LogP contribution in [0.4, 0.5) is 5.82 Å². The molecule has 2 fully saturated rings. The average molecular weight is 431 g/mol. The van der Waals surface area contributed by atoms with Crippen LogP contribution in [0.5, 0.6) is 0 Å². The standard InChI is InChI=1S/C25H30N6O/c1-30-11-13-31(14-12-30)22-8-6-18(7-9-22)25(32)28-24-16-21-15-19(4-5-20(21)17-26-24)23-3-2-10-27-29-23/h2-5,10,15-18,22H,6-9,11-14H2,1H3,(H,26,28,32). The molecule has 0 unspecified atom stereocenters. The van der Waals surface area contributed by atoms with Gasteiger partial charge in [-0.25, -0.2) is 4.98 Å². The molecular weight excluding hydrogens is 400 g/mol. The fourth-order valence-corrected chi connectivity index (χ4v) is 4.94. The molecule has 0 atom stereocenters. The lowest BCUT2D eigenvalue weighted by Gasteiger charge is -2.40. The summed E-state index contributed by atoms with van der Waals surface area (Å²) >= 11 is 0.